The van der Waals surface area contributed by atoms with Crippen molar-refractivity contribution in [3.63, 3.8) is 0 Å². The van der Waals surface area contributed by atoms with Gasteiger partial charge in [-0.1, -0.05) is 37.1 Å². The van der Waals surface area contributed by atoms with Crippen LogP contribution in [0.3, 0.4) is 0 Å². The zero-order valence-electron chi connectivity index (χ0n) is 15.1. The Kier molecular flexibility index (Phi) is 5.55. The van der Waals surface area contributed by atoms with Crippen LogP contribution in [0.25, 0.3) is 0 Å². The van der Waals surface area contributed by atoms with Crippen LogP contribution in [-0.2, 0) is 4.74 Å². The smallest absolute Gasteiger partial charge is 0.0921 e. The summed E-state index contributed by atoms with van der Waals surface area (Å²) in [5, 5.41) is 10.7. The zero-order valence-corrected chi connectivity index (χ0v) is 15.1. The molecule has 2 heteroatoms. The summed E-state index contributed by atoms with van der Waals surface area (Å²) in [6.07, 6.45) is 11.3. The minimum absolute atomic E-state index is 0.104. The van der Waals surface area contributed by atoms with Gasteiger partial charge in [0.15, 0.2) is 0 Å². The van der Waals surface area contributed by atoms with Crippen molar-refractivity contribution in [1.82, 2.24) is 0 Å². The highest BCUT2D eigenvalue weighted by Crippen LogP contribution is 2.47. The van der Waals surface area contributed by atoms with Gasteiger partial charge in [-0.2, -0.15) is 0 Å². The first-order valence-electron chi connectivity index (χ1n) is 8.97. The van der Waals surface area contributed by atoms with Crippen molar-refractivity contribution in [2.75, 3.05) is 0 Å². The van der Waals surface area contributed by atoms with Crippen LogP contribution < -0.4 is 0 Å². The van der Waals surface area contributed by atoms with E-state index in [-0.39, 0.29) is 17.3 Å². The number of hydrogen-bond donors (Lipinski definition) is 1. The molecule has 2 aliphatic rings. The highest BCUT2D eigenvalue weighted by molar-refractivity contribution is 5.10. The fourth-order valence-corrected chi connectivity index (χ4v) is 3.81. The number of aliphatic hydroxyl groups excluding tert-OH is 1. The van der Waals surface area contributed by atoms with E-state index in [2.05, 4.69) is 46.8 Å². The summed E-state index contributed by atoms with van der Waals surface area (Å²) in [6.45, 7) is 11.0. The van der Waals surface area contributed by atoms with E-state index < -0.39 is 0 Å². The maximum Gasteiger partial charge on any atom is 0.0921 e. The molecule has 3 atom stereocenters. The van der Waals surface area contributed by atoms with Crippen LogP contribution >= 0.6 is 0 Å². The first-order valence-corrected chi connectivity index (χ1v) is 8.97. The molecule has 0 aromatic heterocycles. The van der Waals surface area contributed by atoms with Crippen molar-refractivity contribution in [3.05, 3.63) is 23.3 Å². The first kappa shape index (κ1) is 17.7. The monoisotopic (exact) mass is 306 g/mol. The SMILES string of the molecule is C/C1=C\C[C@]2(C(C)C)CC[C@@](C)(O2)[C@@H](O)CC/C(C)=C/CC1. The van der Waals surface area contributed by atoms with Crippen molar-refractivity contribution in [2.45, 2.75) is 96.9 Å². The second-order valence-corrected chi connectivity index (χ2v) is 8.03. The lowest BCUT2D eigenvalue weighted by Gasteiger charge is -2.38. The van der Waals surface area contributed by atoms with E-state index in [1.54, 1.807) is 0 Å². The maximum atomic E-state index is 10.7. The summed E-state index contributed by atoms with van der Waals surface area (Å²) in [5.41, 5.74) is 2.36. The second kappa shape index (κ2) is 6.88. The molecule has 1 fully saturated rings. The number of rotatable bonds is 1. The molecule has 2 aliphatic heterocycles. The van der Waals surface area contributed by atoms with Crippen LogP contribution in [0.2, 0.25) is 0 Å². The predicted molar refractivity (Wildman–Crippen MR) is 92.9 cm³/mol. The minimum Gasteiger partial charge on any atom is -0.390 e. The summed E-state index contributed by atoms with van der Waals surface area (Å²) < 4.78 is 6.59. The summed E-state index contributed by atoms with van der Waals surface area (Å²) >= 11 is 0. The molecule has 126 valence electrons. The van der Waals surface area contributed by atoms with Crippen molar-refractivity contribution in [1.29, 1.82) is 0 Å². The highest BCUT2D eigenvalue weighted by Gasteiger charge is 2.50. The van der Waals surface area contributed by atoms with Gasteiger partial charge >= 0.3 is 0 Å². The van der Waals surface area contributed by atoms with Crippen LogP contribution in [0.4, 0.5) is 0 Å². The minimum atomic E-state index is -0.389. The Hall–Kier alpha value is -0.600. The van der Waals surface area contributed by atoms with Crippen molar-refractivity contribution in [2.24, 2.45) is 5.92 Å². The average molecular weight is 306 g/mol. The van der Waals surface area contributed by atoms with Crippen molar-refractivity contribution < 1.29 is 9.84 Å². The average Bonchev–Trinajstić information content (AvgIpc) is 2.82. The van der Waals surface area contributed by atoms with Gasteiger partial charge in [0, 0.05) is 0 Å². The number of allylic oxidation sites excluding steroid dienone is 3. The first-order chi connectivity index (χ1) is 10.3. The van der Waals surface area contributed by atoms with Crippen LogP contribution in [0.1, 0.15) is 79.6 Å². The van der Waals surface area contributed by atoms with Crippen molar-refractivity contribution in [3.8, 4) is 0 Å². The fraction of sp³-hybridized carbons (Fsp3) is 0.800. The third-order valence-corrected chi connectivity index (χ3v) is 5.88. The maximum absolute atomic E-state index is 10.7. The summed E-state index contributed by atoms with van der Waals surface area (Å²) in [5.74, 6) is 0.468. The predicted octanol–water partition coefficient (Wildman–Crippen LogP) is 5.17. The molecule has 0 radical (unpaired) electrons. The number of fused-ring (bicyclic) bond motifs is 2. The lowest BCUT2D eigenvalue weighted by Crippen LogP contribution is -2.44. The molecule has 0 aromatic carbocycles. The van der Waals surface area contributed by atoms with Crippen LogP contribution in [0.15, 0.2) is 23.3 Å². The molecule has 2 bridgehead atoms. The van der Waals surface area contributed by atoms with Crippen LogP contribution in [0.5, 0.6) is 0 Å². The zero-order chi connectivity index (χ0) is 16.4. The standard InChI is InChI=1S/C20H34O2/c1-15(2)20-12-11-17(4)8-6-7-16(3)9-10-18(21)19(5,22-20)13-14-20/h7,11,15,18,21H,6,8-10,12-14H2,1-5H3/b16-7+,17-11+/t18-,19+,20+/m0/s1. The van der Waals surface area contributed by atoms with Gasteiger partial charge in [-0.15, -0.1) is 0 Å². The number of ether oxygens (including phenoxy) is 1. The molecular formula is C20H34O2. The third-order valence-electron chi connectivity index (χ3n) is 5.88. The van der Waals surface area contributed by atoms with Gasteiger partial charge in [-0.3, -0.25) is 0 Å². The van der Waals surface area contributed by atoms with Gasteiger partial charge in [-0.25, -0.2) is 0 Å². The summed E-state index contributed by atoms with van der Waals surface area (Å²) in [6, 6.07) is 0. The summed E-state index contributed by atoms with van der Waals surface area (Å²) in [7, 11) is 0. The van der Waals surface area contributed by atoms with Gasteiger partial charge in [-0.05, 0) is 71.6 Å². The Morgan fingerprint density at radius 1 is 1.14 bits per heavy atom. The molecule has 0 amide bonds. The lowest BCUT2D eigenvalue weighted by molar-refractivity contribution is -0.162. The van der Waals surface area contributed by atoms with E-state index in [1.807, 2.05) is 0 Å². The topological polar surface area (TPSA) is 29.5 Å². The molecule has 1 saturated heterocycles. The van der Waals surface area contributed by atoms with Gasteiger partial charge in [0.25, 0.3) is 0 Å². The van der Waals surface area contributed by atoms with Gasteiger partial charge < -0.3 is 9.84 Å². The largest absolute Gasteiger partial charge is 0.390 e. The second-order valence-electron chi connectivity index (χ2n) is 8.03. The van der Waals surface area contributed by atoms with E-state index in [4.69, 9.17) is 4.74 Å². The molecule has 2 heterocycles. The Morgan fingerprint density at radius 2 is 1.82 bits per heavy atom. The fourth-order valence-electron chi connectivity index (χ4n) is 3.81. The van der Waals surface area contributed by atoms with Crippen LogP contribution in [0, 0.1) is 5.92 Å². The molecule has 2 rings (SSSR count). The molecule has 2 nitrogen and oxygen atoms in total. The van der Waals surface area contributed by atoms with Crippen LogP contribution in [-0.4, -0.2) is 22.4 Å². The van der Waals surface area contributed by atoms with E-state index in [0.717, 1.165) is 44.9 Å². The van der Waals surface area contributed by atoms with Gasteiger partial charge in [0.1, 0.15) is 0 Å². The van der Waals surface area contributed by atoms with Gasteiger partial charge in [0.2, 0.25) is 0 Å². The Balaban J connectivity index is 2.27. The molecule has 0 unspecified atom stereocenters. The van der Waals surface area contributed by atoms with E-state index in [0.29, 0.717) is 5.92 Å². The third kappa shape index (κ3) is 3.83. The quantitative estimate of drug-likeness (QED) is 0.677. The molecule has 22 heavy (non-hydrogen) atoms. The molecule has 1 N–H and O–H groups in total. The molecule has 0 aliphatic carbocycles. The molecule has 0 aromatic rings. The van der Waals surface area contributed by atoms with Gasteiger partial charge in [0.05, 0.1) is 17.3 Å². The van der Waals surface area contributed by atoms with E-state index >= 15 is 0 Å². The Morgan fingerprint density at radius 3 is 2.50 bits per heavy atom. The number of aliphatic hydroxyl groups is 1. The molecule has 0 saturated carbocycles. The summed E-state index contributed by atoms with van der Waals surface area (Å²) in [4.78, 5) is 0. The molecular weight excluding hydrogens is 272 g/mol. The number of hydrogen-bond acceptors (Lipinski definition) is 2. The normalized spacial score (nSPS) is 42.6. The Bertz CT molecular complexity index is 449. The highest BCUT2D eigenvalue weighted by atomic mass is 16.5. The van der Waals surface area contributed by atoms with Crippen molar-refractivity contribution >= 4 is 0 Å². The lowest BCUT2D eigenvalue weighted by atomic mass is 9.82. The van der Waals surface area contributed by atoms with E-state index in [1.165, 1.54) is 11.1 Å². The molecule has 0 spiro atoms. The van der Waals surface area contributed by atoms with E-state index in [9.17, 15) is 5.11 Å². The Labute approximate surface area is 136 Å².